The van der Waals surface area contributed by atoms with Gasteiger partial charge in [-0.15, -0.1) is 0 Å². The van der Waals surface area contributed by atoms with E-state index in [1.807, 2.05) is 0 Å². The van der Waals surface area contributed by atoms with Crippen molar-refractivity contribution in [3.8, 4) is 22.3 Å². The molecule has 5 aromatic rings. The zero-order valence-electron chi connectivity index (χ0n) is 26.1. The van der Waals surface area contributed by atoms with Gasteiger partial charge in [-0.2, -0.15) is 0 Å². The summed E-state index contributed by atoms with van der Waals surface area (Å²) >= 11 is 0. The van der Waals surface area contributed by atoms with Crippen molar-refractivity contribution >= 4 is 17.5 Å². The molecule has 218 valence electrons. The number of nitrogens with zero attached hydrogens (tertiary/aromatic N) is 1. The number of benzene rings is 5. The number of allylic oxidation sites excluding steroid dienone is 3. The second kappa shape index (κ2) is 13.6. The van der Waals surface area contributed by atoms with Crippen molar-refractivity contribution in [3.63, 3.8) is 0 Å². The third kappa shape index (κ3) is 6.24. The number of aryl methyl sites for hydroxylation is 1. The second-order valence-corrected chi connectivity index (χ2v) is 11.6. The SMILES string of the molecule is C/C=c1/cccc/c1=C(/C)N(C1=CCC(c2ccccc2)C=C1)c1ccc(-c2cccc(CCC)c2)c(-c2ccccc2)c1. The first kappa shape index (κ1) is 29.2. The standard InChI is InChI=1S/C43H41N/c1-4-15-33-16-14-22-38(30-33)42-29-28-40(31-43(42)37-20-10-7-11-21-37)44(32(3)41-23-13-12-17-34(41)5-2)39-26-24-36(25-27-39)35-18-8-6-9-19-35/h5-14,16-24,26-31,36H,4,15,25H2,1-3H3/b34-5-,41-32+. The van der Waals surface area contributed by atoms with Crippen LogP contribution in [-0.2, 0) is 6.42 Å². The van der Waals surface area contributed by atoms with Crippen molar-refractivity contribution < 1.29 is 0 Å². The van der Waals surface area contributed by atoms with E-state index in [0.717, 1.165) is 24.9 Å². The van der Waals surface area contributed by atoms with E-state index >= 15 is 0 Å². The fraction of sp³-hybridized carbons (Fsp3) is 0.163. The van der Waals surface area contributed by atoms with Gasteiger partial charge in [-0.05, 0) is 83.5 Å². The highest BCUT2D eigenvalue weighted by Crippen LogP contribution is 2.39. The van der Waals surface area contributed by atoms with Crippen LogP contribution in [0, 0.1) is 0 Å². The average Bonchev–Trinajstić information content (AvgIpc) is 3.09. The maximum absolute atomic E-state index is 2.45. The predicted octanol–water partition coefficient (Wildman–Crippen LogP) is 10.0. The molecule has 0 heterocycles. The molecule has 44 heavy (non-hydrogen) atoms. The Bertz CT molecular complexity index is 1910. The molecule has 1 nitrogen and oxygen atoms in total. The normalized spacial score (nSPS) is 15.6. The monoisotopic (exact) mass is 571 g/mol. The first-order chi connectivity index (χ1) is 21.7. The molecule has 0 fully saturated rings. The van der Waals surface area contributed by atoms with Crippen LogP contribution in [0.4, 0.5) is 5.69 Å². The summed E-state index contributed by atoms with van der Waals surface area (Å²) in [6.07, 6.45) is 12.5. The summed E-state index contributed by atoms with van der Waals surface area (Å²) in [4.78, 5) is 2.45. The van der Waals surface area contributed by atoms with Crippen LogP contribution in [-0.4, -0.2) is 0 Å². The highest BCUT2D eigenvalue weighted by Gasteiger charge is 2.20. The maximum atomic E-state index is 2.45. The molecule has 5 aromatic carbocycles. The summed E-state index contributed by atoms with van der Waals surface area (Å²) < 4.78 is 0. The lowest BCUT2D eigenvalue weighted by Gasteiger charge is -2.30. The lowest BCUT2D eigenvalue weighted by Crippen LogP contribution is -2.33. The molecule has 0 aliphatic heterocycles. The fourth-order valence-corrected chi connectivity index (χ4v) is 6.42. The van der Waals surface area contributed by atoms with E-state index in [2.05, 4.69) is 177 Å². The molecule has 0 saturated carbocycles. The molecule has 0 saturated heterocycles. The summed E-state index contributed by atoms with van der Waals surface area (Å²) in [5.41, 5.74) is 11.3. The van der Waals surface area contributed by atoms with Gasteiger partial charge in [0.1, 0.15) is 0 Å². The lowest BCUT2D eigenvalue weighted by atomic mass is 9.90. The van der Waals surface area contributed by atoms with E-state index in [1.54, 1.807) is 0 Å². The molecule has 0 N–H and O–H groups in total. The highest BCUT2D eigenvalue weighted by molar-refractivity contribution is 5.88. The molecule has 1 unspecified atom stereocenters. The third-order valence-corrected chi connectivity index (χ3v) is 8.69. The van der Waals surface area contributed by atoms with Crippen molar-refractivity contribution in [1.82, 2.24) is 0 Å². The van der Waals surface area contributed by atoms with Gasteiger partial charge in [0.15, 0.2) is 0 Å². The molecule has 0 spiro atoms. The van der Waals surface area contributed by atoms with Gasteiger partial charge < -0.3 is 4.90 Å². The van der Waals surface area contributed by atoms with Crippen molar-refractivity contribution in [2.24, 2.45) is 0 Å². The van der Waals surface area contributed by atoms with Crippen LogP contribution < -0.4 is 15.3 Å². The zero-order chi connectivity index (χ0) is 30.3. The predicted molar refractivity (Wildman–Crippen MR) is 190 cm³/mol. The fourth-order valence-electron chi connectivity index (χ4n) is 6.42. The van der Waals surface area contributed by atoms with E-state index < -0.39 is 0 Å². The summed E-state index contributed by atoms with van der Waals surface area (Å²) in [6.45, 7) is 6.62. The summed E-state index contributed by atoms with van der Waals surface area (Å²) in [5, 5.41) is 2.48. The van der Waals surface area contributed by atoms with Crippen molar-refractivity contribution in [1.29, 1.82) is 0 Å². The third-order valence-electron chi connectivity index (χ3n) is 8.69. The van der Waals surface area contributed by atoms with E-state index in [9.17, 15) is 0 Å². The first-order valence-corrected chi connectivity index (χ1v) is 15.9. The van der Waals surface area contributed by atoms with Gasteiger partial charge in [-0.25, -0.2) is 0 Å². The molecular formula is C43H41N. The zero-order valence-corrected chi connectivity index (χ0v) is 26.1. The Labute approximate surface area is 262 Å². The molecule has 0 radical (unpaired) electrons. The van der Waals surface area contributed by atoms with Gasteiger partial charge in [0.25, 0.3) is 0 Å². The van der Waals surface area contributed by atoms with Crippen molar-refractivity contribution in [2.45, 2.75) is 46.0 Å². The Morgan fingerprint density at radius 2 is 1.48 bits per heavy atom. The topological polar surface area (TPSA) is 3.24 Å². The van der Waals surface area contributed by atoms with Gasteiger partial charge in [0, 0.05) is 28.2 Å². The molecule has 1 atom stereocenters. The summed E-state index contributed by atoms with van der Waals surface area (Å²) in [5.74, 6) is 0.385. The van der Waals surface area contributed by atoms with Gasteiger partial charge in [-0.3, -0.25) is 0 Å². The minimum Gasteiger partial charge on any atom is -0.314 e. The molecule has 1 aliphatic rings. The lowest BCUT2D eigenvalue weighted by molar-refractivity contribution is 0.840. The van der Waals surface area contributed by atoms with E-state index in [0.29, 0.717) is 5.92 Å². The van der Waals surface area contributed by atoms with Gasteiger partial charge in [-0.1, -0.05) is 147 Å². The Morgan fingerprint density at radius 3 is 2.20 bits per heavy atom. The van der Waals surface area contributed by atoms with Gasteiger partial charge in [0.2, 0.25) is 0 Å². The Balaban J connectivity index is 1.52. The van der Waals surface area contributed by atoms with Gasteiger partial charge >= 0.3 is 0 Å². The van der Waals surface area contributed by atoms with Crippen LogP contribution in [0.1, 0.15) is 50.7 Å². The first-order valence-electron chi connectivity index (χ1n) is 15.9. The van der Waals surface area contributed by atoms with E-state index in [4.69, 9.17) is 0 Å². The second-order valence-electron chi connectivity index (χ2n) is 11.6. The maximum Gasteiger partial charge on any atom is 0.0464 e. The summed E-state index contributed by atoms with van der Waals surface area (Å²) in [7, 11) is 0. The van der Waals surface area contributed by atoms with Crippen LogP contribution in [0.2, 0.25) is 0 Å². The summed E-state index contributed by atoms with van der Waals surface area (Å²) in [6, 6.07) is 46.4. The molecular weight excluding hydrogens is 530 g/mol. The number of rotatable bonds is 8. The van der Waals surface area contributed by atoms with Crippen molar-refractivity contribution in [3.05, 3.63) is 173 Å². The van der Waals surface area contributed by atoms with Crippen LogP contribution in [0.25, 0.3) is 34.0 Å². The highest BCUT2D eigenvalue weighted by atomic mass is 15.1. The quantitative estimate of drug-likeness (QED) is 0.179. The molecule has 0 bridgehead atoms. The molecule has 1 heteroatoms. The van der Waals surface area contributed by atoms with Crippen LogP contribution >= 0.6 is 0 Å². The van der Waals surface area contributed by atoms with Gasteiger partial charge in [0.05, 0.1) is 0 Å². The van der Waals surface area contributed by atoms with Crippen molar-refractivity contribution in [2.75, 3.05) is 4.90 Å². The minimum absolute atomic E-state index is 0.385. The van der Waals surface area contributed by atoms with Crippen LogP contribution in [0.15, 0.2) is 151 Å². The Hall–Kier alpha value is -4.88. The minimum atomic E-state index is 0.385. The Kier molecular flexibility index (Phi) is 9.03. The molecule has 0 amide bonds. The van der Waals surface area contributed by atoms with E-state index in [1.165, 1.54) is 55.2 Å². The van der Waals surface area contributed by atoms with Crippen LogP contribution in [0.5, 0.6) is 0 Å². The molecule has 1 aliphatic carbocycles. The average molecular weight is 572 g/mol. The number of hydrogen-bond acceptors (Lipinski definition) is 1. The Morgan fingerprint density at radius 1 is 0.750 bits per heavy atom. The molecule has 6 rings (SSSR count). The van der Waals surface area contributed by atoms with E-state index in [-0.39, 0.29) is 0 Å². The largest absolute Gasteiger partial charge is 0.314 e. The number of anilines is 1. The smallest absolute Gasteiger partial charge is 0.0464 e. The molecule has 0 aromatic heterocycles. The number of hydrogen-bond donors (Lipinski definition) is 0. The van der Waals surface area contributed by atoms with Crippen LogP contribution in [0.3, 0.4) is 0 Å².